The van der Waals surface area contributed by atoms with Crippen LogP contribution >= 0.6 is 0 Å². The zero-order valence-corrected chi connectivity index (χ0v) is 11.2. The molecule has 1 heterocycles. The molecule has 0 radical (unpaired) electrons. The number of carbonyl (C=O) groups is 1. The van der Waals surface area contributed by atoms with Crippen molar-refractivity contribution in [3.63, 3.8) is 0 Å². The van der Waals surface area contributed by atoms with Crippen LogP contribution in [0.25, 0.3) is 0 Å². The maximum absolute atomic E-state index is 11.8. The van der Waals surface area contributed by atoms with E-state index in [1.807, 2.05) is 19.1 Å². The molecule has 1 aromatic heterocycles. The van der Waals surface area contributed by atoms with Crippen molar-refractivity contribution in [1.29, 1.82) is 0 Å². The smallest absolute Gasteiger partial charge is 0.220 e. The molecule has 1 amide bonds. The Morgan fingerprint density at radius 1 is 1.47 bits per heavy atom. The number of amides is 1. The van der Waals surface area contributed by atoms with Crippen LogP contribution in [0.2, 0.25) is 0 Å². The topological polar surface area (TPSA) is 70.7 Å². The Balaban J connectivity index is 1.82. The molecule has 19 heavy (non-hydrogen) atoms. The van der Waals surface area contributed by atoms with Gasteiger partial charge in [-0.2, -0.15) is 5.10 Å². The maximum Gasteiger partial charge on any atom is 0.220 e. The summed E-state index contributed by atoms with van der Waals surface area (Å²) in [6.45, 7) is 3.93. The molecule has 1 atom stereocenters. The van der Waals surface area contributed by atoms with Gasteiger partial charge in [-0.25, -0.2) is 4.98 Å². The average Bonchev–Trinajstić information content (AvgIpc) is 2.90. The highest BCUT2D eigenvalue weighted by molar-refractivity contribution is 5.76. The molecular weight excluding hydrogens is 240 g/mol. The lowest BCUT2D eigenvalue weighted by atomic mass is 10.1. The van der Waals surface area contributed by atoms with E-state index in [2.05, 4.69) is 39.6 Å². The molecule has 100 valence electrons. The Morgan fingerprint density at radius 2 is 2.32 bits per heavy atom. The van der Waals surface area contributed by atoms with Gasteiger partial charge in [-0.05, 0) is 25.8 Å². The first-order chi connectivity index (χ1) is 9.15. The summed E-state index contributed by atoms with van der Waals surface area (Å²) in [4.78, 5) is 15.9. The van der Waals surface area contributed by atoms with E-state index in [0.29, 0.717) is 12.2 Å². The Hall–Kier alpha value is -2.17. The van der Waals surface area contributed by atoms with Gasteiger partial charge >= 0.3 is 0 Å². The van der Waals surface area contributed by atoms with Gasteiger partial charge in [0.05, 0.1) is 6.04 Å². The Kier molecular flexibility index (Phi) is 4.28. The van der Waals surface area contributed by atoms with Gasteiger partial charge in [0.2, 0.25) is 5.91 Å². The molecular formula is C14H18N4O. The summed E-state index contributed by atoms with van der Waals surface area (Å²) in [6.07, 6.45) is 2.66. The minimum Gasteiger partial charge on any atom is -0.346 e. The Labute approximate surface area is 112 Å². The zero-order chi connectivity index (χ0) is 13.7. The van der Waals surface area contributed by atoms with E-state index in [-0.39, 0.29) is 11.9 Å². The first-order valence-corrected chi connectivity index (χ1v) is 6.35. The minimum absolute atomic E-state index is 0.0189. The molecule has 1 aromatic carbocycles. The lowest BCUT2D eigenvalue weighted by Crippen LogP contribution is -2.27. The molecule has 2 aromatic rings. The van der Waals surface area contributed by atoms with E-state index < -0.39 is 0 Å². The van der Waals surface area contributed by atoms with Crippen LogP contribution < -0.4 is 5.32 Å². The van der Waals surface area contributed by atoms with Crippen molar-refractivity contribution in [3.8, 4) is 0 Å². The number of H-pyrrole nitrogens is 1. The van der Waals surface area contributed by atoms with Crippen LogP contribution in [0, 0.1) is 6.92 Å². The summed E-state index contributed by atoms with van der Waals surface area (Å²) in [5, 5.41) is 9.41. The summed E-state index contributed by atoms with van der Waals surface area (Å²) in [5.74, 6) is 0.689. The van der Waals surface area contributed by atoms with Crippen molar-refractivity contribution >= 4 is 5.91 Å². The van der Waals surface area contributed by atoms with E-state index in [0.717, 1.165) is 6.42 Å². The fourth-order valence-electron chi connectivity index (χ4n) is 1.93. The molecule has 0 saturated carbocycles. The van der Waals surface area contributed by atoms with Crippen molar-refractivity contribution in [2.75, 3.05) is 0 Å². The number of aromatic nitrogens is 3. The second-order valence-electron chi connectivity index (χ2n) is 4.65. The Morgan fingerprint density at radius 3 is 3.00 bits per heavy atom. The Bertz CT molecular complexity index is 536. The average molecular weight is 258 g/mol. The molecule has 0 fully saturated rings. The fourth-order valence-corrected chi connectivity index (χ4v) is 1.93. The highest BCUT2D eigenvalue weighted by atomic mass is 16.1. The van der Waals surface area contributed by atoms with Crippen molar-refractivity contribution < 1.29 is 4.79 Å². The SMILES string of the molecule is Cc1cccc(CCC(=O)NC(C)c2ncn[nH]2)c1. The van der Waals surface area contributed by atoms with Gasteiger partial charge in [0.25, 0.3) is 0 Å². The third kappa shape index (κ3) is 3.91. The number of hydrogen-bond donors (Lipinski definition) is 2. The molecule has 1 unspecified atom stereocenters. The fraction of sp³-hybridized carbons (Fsp3) is 0.357. The second kappa shape index (κ2) is 6.13. The van der Waals surface area contributed by atoms with Crippen LogP contribution in [0.5, 0.6) is 0 Å². The van der Waals surface area contributed by atoms with Gasteiger partial charge in [0, 0.05) is 6.42 Å². The molecule has 5 nitrogen and oxygen atoms in total. The number of hydrogen-bond acceptors (Lipinski definition) is 3. The molecule has 0 aliphatic rings. The minimum atomic E-state index is -0.146. The summed E-state index contributed by atoms with van der Waals surface area (Å²) in [7, 11) is 0. The van der Waals surface area contributed by atoms with E-state index in [1.54, 1.807) is 0 Å². The maximum atomic E-state index is 11.8. The van der Waals surface area contributed by atoms with Crippen LogP contribution in [-0.4, -0.2) is 21.1 Å². The molecule has 2 rings (SSSR count). The van der Waals surface area contributed by atoms with Crippen LogP contribution in [0.4, 0.5) is 0 Å². The van der Waals surface area contributed by atoms with E-state index >= 15 is 0 Å². The van der Waals surface area contributed by atoms with Crippen molar-refractivity contribution in [1.82, 2.24) is 20.5 Å². The predicted octanol–water partition coefficient (Wildman–Crippen LogP) is 1.92. The van der Waals surface area contributed by atoms with Gasteiger partial charge in [-0.3, -0.25) is 9.89 Å². The van der Waals surface area contributed by atoms with E-state index in [9.17, 15) is 4.79 Å². The molecule has 2 N–H and O–H groups in total. The van der Waals surface area contributed by atoms with E-state index in [1.165, 1.54) is 17.5 Å². The van der Waals surface area contributed by atoms with Gasteiger partial charge in [0.15, 0.2) is 0 Å². The first-order valence-electron chi connectivity index (χ1n) is 6.35. The summed E-state index contributed by atoms with van der Waals surface area (Å²) in [5.41, 5.74) is 2.40. The third-order valence-corrected chi connectivity index (χ3v) is 2.94. The number of aryl methyl sites for hydroxylation is 2. The molecule has 0 aliphatic carbocycles. The van der Waals surface area contributed by atoms with Gasteiger partial charge < -0.3 is 5.32 Å². The van der Waals surface area contributed by atoms with Crippen LogP contribution in [0.1, 0.15) is 36.3 Å². The summed E-state index contributed by atoms with van der Waals surface area (Å²) in [6, 6.07) is 8.07. The van der Waals surface area contributed by atoms with Crippen molar-refractivity contribution in [2.24, 2.45) is 0 Å². The first kappa shape index (κ1) is 13.3. The van der Waals surface area contributed by atoms with Crippen LogP contribution in [0.15, 0.2) is 30.6 Å². The van der Waals surface area contributed by atoms with Gasteiger partial charge in [-0.15, -0.1) is 0 Å². The van der Waals surface area contributed by atoms with Crippen LogP contribution in [-0.2, 0) is 11.2 Å². The lowest BCUT2D eigenvalue weighted by Gasteiger charge is -2.11. The normalized spacial score (nSPS) is 12.1. The number of nitrogens with zero attached hydrogens (tertiary/aromatic N) is 2. The number of aromatic amines is 1. The quantitative estimate of drug-likeness (QED) is 0.860. The highest BCUT2D eigenvalue weighted by Gasteiger charge is 2.11. The number of rotatable bonds is 5. The van der Waals surface area contributed by atoms with E-state index in [4.69, 9.17) is 0 Å². The largest absolute Gasteiger partial charge is 0.346 e. The van der Waals surface area contributed by atoms with Crippen molar-refractivity contribution in [2.45, 2.75) is 32.7 Å². The number of nitrogens with one attached hydrogen (secondary N) is 2. The second-order valence-corrected chi connectivity index (χ2v) is 4.65. The predicted molar refractivity (Wildman–Crippen MR) is 72.4 cm³/mol. The molecule has 5 heteroatoms. The summed E-state index contributed by atoms with van der Waals surface area (Å²) >= 11 is 0. The molecule has 0 aliphatic heterocycles. The molecule has 0 spiro atoms. The van der Waals surface area contributed by atoms with Gasteiger partial charge in [-0.1, -0.05) is 29.8 Å². The monoisotopic (exact) mass is 258 g/mol. The standard InChI is InChI=1S/C14H18N4O/c1-10-4-3-5-12(8-10)6-7-13(19)17-11(2)14-15-9-16-18-14/h3-5,8-9,11H,6-7H2,1-2H3,(H,17,19)(H,15,16,18). The molecule has 0 bridgehead atoms. The highest BCUT2D eigenvalue weighted by Crippen LogP contribution is 2.08. The van der Waals surface area contributed by atoms with Gasteiger partial charge in [0.1, 0.15) is 12.2 Å². The number of benzene rings is 1. The zero-order valence-electron chi connectivity index (χ0n) is 11.2. The lowest BCUT2D eigenvalue weighted by molar-refractivity contribution is -0.121. The number of carbonyl (C=O) groups excluding carboxylic acids is 1. The van der Waals surface area contributed by atoms with Crippen molar-refractivity contribution in [3.05, 3.63) is 47.5 Å². The molecule has 0 saturated heterocycles. The van der Waals surface area contributed by atoms with Crippen LogP contribution in [0.3, 0.4) is 0 Å². The summed E-state index contributed by atoms with van der Waals surface area (Å²) < 4.78 is 0. The third-order valence-electron chi connectivity index (χ3n) is 2.94.